The van der Waals surface area contributed by atoms with Crippen LogP contribution in [0.5, 0.6) is 0 Å². The molecule has 0 aromatic carbocycles. The van der Waals surface area contributed by atoms with Gasteiger partial charge in [-0.2, -0.15) is 0 Å². The Labute approximate surface area is 67.4 Å². The third kappa shape index (κ3) is 5.85. The predicted molar refractivity (Wildman–Crippen MR) is 42.1 cm³/mol. The first-order chi connectivity index (χ1) is 5.06. The van der Waals surface area contributed by atoms with E-state index in [1.165, 1.54) is 6.92 Å². The van der Waals surface area contributed by atoms with Gasteiger partial charge in [-0.15, -0.1) is 0 Å². The molecule has 0 aliphatic heterocycles. The zero-order valence-electron chi connectivity index (χ0n) is 7.33. The van der Waals surface area contributed by atoms with Crippen LogP contribution in [0.1, 0.15) is 33.6 Å². The number of rotatable bonds is 4. The average Bonchev–Trinajstić information content (AvgIpc) is 1.84. The van der Waals surface area contributed by atoms with Crippen LogP contribution in [-0.2, 0) is 9.53 Å². The van der Waals surface area contributed by atoms with Crippen molar-refractivity contribution in [2.24, 2.45) is 0 Å². The molecule has 11 heavy (non-hydrogen) atoms. The molecule has 0 aromatic heterocycles. The van der Waals surface area contributed by atoms with Gasteiger partial charge in [-0.05, 0) is 13.3 Å². The molecule has 2 unspecified atom stereocenters. The molecule has 3 heteroatoms. The van der Waals surface area contributed by atoms with Crippen molar-refractivity contribution in [1.29, 1.82) is 0 Å². The van der Waals surface area contributed by atoms with Gasteiger partial charge in [-0.3, -0.25) is 4.79 Å². The van der Waals surface area contributed by atoms with E-state index in [-0.39, 0.29) is 12.1 Å². The second-order valence-electron chi connectivity index (χ2n) is 2.72. The highest BCUT2D eigenvalue weighted by molar-refractivity contribution is 5.66. The van der Waals surface area contributed by atoms with Crippen molar-refractivity contribution < 1.29 is 14.6 Å². The lowest BCUT2D eigenvalue weighted by Gasteiger charge is -2.15. The third-order valence-corrected chi connectivity index (χ3v) is 1.39. The summed E-state index contributed by atoms with van der Waals surface area (Å²) in [4.78, 5) is 10.5. The molecule has 3 nitrogen and oxygen atoms in total. The number of aliphatic hydroxyl groups is 1. The molecule has 0 heterocycles. The summed E-state index contributed by atoms with van der Waals surface area (Å²) >= 11 is 0. The van der Waals surface area contributed by atoms with Crippen LogP contribution in [0.15, 0.2) is 0 Å². The largest absolute Gasteiger partial charge is 0.462 e. The fraction of sp³-hybridized carbons (Fsp3) is 0.875. The van der Waals surface area contributed by atoms with Gasteiger partial charge >= 0.3 is 5.97 Å². The molecule has 0 aliphatic rings. The molecule has 0 amide bonds. The molecule has 0 bridgehead atoms. The second-order valence-corrected chi connectivity index (χ2v) is 2.72. The summed E-state index contributed by atoms with van der Waals surface area (Å²) in [6.45, 7) is 4.99. The highest BCUT2D eigenvalue weighted by Crippen LogP contribution is 2.06. The van der Waals surface area contributed by atoms with Gasteiger partial charge in [0.25, 0.3) is 0 Å². The number of hydrogen-bond acceptors (Lipinski definition) is 3. The van der Waals surface area contributed by atoms with Gasteiger partial charge in [-0.25, -0.2) is 0 Å². The Morgan fingerprint density at radius 3 is 2.45 bits per heavy atom. The molecule has 0 spiro atoms. The number of aliphatic hydroxyl groups excluding tert-OH is 1. The van der Waals surface area contributed by atoms with E-state index in [1.54, 1.807) is 6.92 Å². The minimum absolute atomic E-state index is 0.132. The molecule has 0 saturated carbocycles. The molecule has 0 radical (unpaired) electrons. The highest BCUT2D eigenvalue weighted by Gasteiger charge is 2.11. The normalized spacial score (nSPS) is 15.6. The Kier molecular flexibility index (Phi) is 4.86. The van der Waals surface area contributed by atoms with Gasteiger partial charge in [0, 0.05) is 13.3 Å². The Balaban J connectivity index is 3.66. The fourth-order valence-electron chi connectivity index (χ4n) is 0.913. The van der Waals surface area contributed by atoms with Crippen molar-refractivity contribution in [3.63, 3.8) is 0 Å². The Morgan fingerprint density at radius 1 is 1.64 bits per heavy atom. The first-order valence-electron chi connectivity index (χ1n) is 3.91. The van der Waals surface area contributed by atoms with E-state index >= 15 is 0 Å². The minimum Gasteiger partial charge on any atom is -0.462 e. The first kappa shape index (κ1) is 10.4. The van der Waals surface area contributed by atoms with Gasteiger partial charge in [0.05, 0.1) is 6.10 Å². The number of carbonyl (C=O) groups excluding carboxylic acids is 1. The summed E-state index contributed by atoms with van der Waals surface area (Å²) in [7, 11) is 0. The summed E-state index contributed by atoms with van der Waals surface area (Å²) in [5.74, 6) is -0.280. The average molecular weight is 160 g/mol. The van der Waals surface area contributed by atoms with Gasteiger partial charge in [0.2, 0.25) is 0 Å². The van der Waals surface area contributed by atoms with Gasteiger partial charge in [0.15, 0.2) is 0 Å². The van der Waals surface area contributed by atoms with Gasteiger partial charge in [0.1, 0.15) is 6.10 Å². The van der Waals surface area contributed by atoms with E-state index in [0.29, 0.717) is 6.42 Å². The smallest absolute Gasteiger partial charge is 0.302 e. The summed E-state index contributed by atoms with van der Waals surface area (Å²) in [6, 6.07) is 0. The molecule has 1 N–H and O–H groups in total. The summed E-state index contributed by atoms with van der Waals surface area (Å²) in [5.41, 5.74) is 0. The molecule has 0 rings (SSSR count). The molecule has 0 aliphatic carbocycles. The van der Waals surface area contributed by atoms with E-state index in [1.807, 2.05) is 6.92 Å². The van der Waals surface area contributed by atoms with Gasteiger partial charge < -0.3 is 9.84 Å². The highest BCUT2D eigenvalue weighted by atomic mass is 16.5. The van der Waals surface area contributed by atoms with Crippen molar-refractivity contribution in [2.45, 2.75) is 45.8 Å². The lowest BCUT2D eigenvalue weighted by molar-refractivity contribution is -0.147. The second kappa shape index (κ2) is 5.13. The molecule has 0 saturated heterocycles. The summed E-state index contributed by atoms with van der Waals surface area (Å²) in [5, 5.41) is 8.98. The predicted octanol–water partition coefficient (Wildman–Crippen LogP) is 1.10. The van der Waals surface area contributed by atoms with E-state index in [0.717, 1.165) is 6.42 Å². The van der Waals surface area contributed by atoms with Crippen molar-refractivity contribution in [2.75, 3.05) is 0 Å². The first-order valence-corrected chi connectivity index (χ1v) is 3.91. The Morgan fingerprint density at radius 2 is 2.18 bits per heavy atom. The quantitative estimate of drug-likeness (QED) is 0.626. The monoisotopic (exact) mass is 160 g/mol. The topological polar surface area (TPSA) is 46.5 Å². The molecular formula is C8H16O3. The van der Waals surface area contributed by atoms with Crippen molar-refractivity contribution >= 4 is 5.97 Å². The number of hydrogen-bond donors (Lipinski definition) is 1. The maximum atomic E-state index is 10.5. The van der Waals surface area contributed by atoms with Crippen LogP contribution in [-0.4, -0.2) is 23.3 Å². The van der Waals surface area contributed by atoms with Crippen LogP contribution in [0.4, 0.5) is 0 Å². The van der Waals surface area contributed by atoms with Crippen LogP contribution in [0.2, 0.25) is 0 Å². The zero-order chi connectivity index (χ0) is 8.85. The Bertz CT molecular complexity index is 121. The third-order valence-electron chi connectivity index (χ3n) is 1.39. The van der Waals surface area contributed by atoms with Crippen LogP contribution >= 0.6 is 0 Å². The van der Waals surface area contributed by atoms with Crippen LogP contribution in [0.25, 0.3) is 0 Å². The van der Waals surface area contributed by atoms with E-state index in [9.17, 15) is 4.79 Å². The van der Waals surface area contributed by atoms with Crippen LogP contribution in [0, 0.1) is 0 Å². The Hall–Kier alpha value is -0.570. The van der Waals surface area contributed by atoms with Gasteiger partial charge in [-0.1, -0.05) is 6.92 Å². The van der Waals surface area contributed by atoms with E-state index < -0.39 is 6.10 Å². The van der Waals surface area contributed by atoms with E-state index in [2.05, 4.69) is 0 Å². The SMILES string of the molecule is CCC(CC(C)O)OC(C)=O. The fourth-order valence-corrected chi connectivity index (χ4v) is 0.913. The number of esters is 1. The number of ether oxygens (including phenoxy) is 1. The number of carbonyl (C=O) groups is 1. The van der Waals surface area contributed by atoms with Crippen LogP contribution in [0.3, 0.4) is 0 Å². The van der Waals surface area contributed by atoms with Crippen molar-refractivity contribution in [3.8, 4) is 0 Å². The lowest BCUT2D eigenvalue weighted by atomic mass is 10.1. The van der Waals surface area contributed by atoms with Crippen LogP contribution < -0.4 is 0 Å². The molecule has 0 aromatic rings. The van der Waals surface area contributed by atoms with Crippen molar-refractivity contribution in [1.82, 2.24) is 0 Å². The standard InChI is InChI=1S/C8H16O3/c1-4-8(5-6(2)9)11-7(3)10/h6,8-9H,4-5H2,1-3H3. The summed E-state index contributed by atoms with van der Waals surface area (Å²) in [6.07, 6.45) is 0.743. The van der Waals surface area contributed by atoms with E-state index in [4.69, 9.17) is 9.84 Å². The van der Waals surface area contributed by atoms with Crippen molar-refractivity contribution in [3.05, 3.63) is 0 Å². The molecule has 66 valence electrons. The maximum absolute atomic E-state index is 10.5. The lowest BCUT2D eigenvalue weighted by Crippen LogP contribution is -2.20. The molecule has 2 atom stereocenters. The zero-order valence-corrected chi connectivity index (χ0v) is 7.33. The minimum atomic E-state index is -0.403. The maximum Gasteiger partial charge on any atom is 0.302 e. The summed E-state index contributed by atoms with van der Waals surface area (Å²) < 4.78 is 4.91. The molecule has 0 fully saturated rings. The molecular weight excluding hydrogens is 144 g/mol.